The summed E-state index contributed by atoms with van der Waals surface area (Å²) in [6, 6.07) is 10.2. The molecule has 0 radical (unpaired) electrons. The van der Waals surface area contributed by atoms with Gasteiger partial charge in [-0.1, -0.05) is 24.6 Å². The predicted molar refractivity (Wildman–Crippen MR) is 108 cm³/mol. The average Bonchev–Trinajstić information content (AvgIpc) is 3.38. The lowest BCUT2D eigenvalue weighted by Gasteiger charge is -2.37. The van der Waals surface area contributed by atoms with Crippen molar-refractivity contribution >= 4 is 17.3 Å². The molecule has 2 aromatic heterocycles. The Hall–Kier alpha value is -2.38. The summed E-state index contributed by atoms with van der Waals surface area (Å²) < 4.78 is 7.33. The first-order valence-electron chi connectivity index (χ1n) is 9.80. The Balaban J connectivity index is 1.46. The molecule has 1 N–H and O–H groups in total. The van der Waals surface area contributed by atoms with Crippen molar-refractivity contribution in [2.45, 2.75) is 32.9 Å². The second-order valence-corrected chi connectivity index (χ2v) is 7.75. The van der Waals surface area contributed by atoms with E-state index in [9.17, 15) is 0 Å². The fourth-order valence-corrected chi connectivity index (χ4v) is 4.25. The molecular formula is C20H26ClN6O+. The highest BCUT2D eigenvalue weighted by molar-refractivity contribution is 6.30. The maximum Gasteiger partial charge on any atom is 0.209 e. The van der Waals surface area contributed by atoms with Crippen LogP contribution in [0.3, 0.4) is 0 Å². The smallest absolute Gasteiger partial charge is 0.209 e. The molecule has 1 fully saturated rings. The van der Waals surface area contributed by atoms with Crippen LogP contribution < -0.4 is 9.80 Å². The second-order valence-electron chi connectivity index (χ2n) is 7.31. The number of quaternary nitrogens is 1. The molecule has 1 aromatic carbocycles. The topological polar surface area (TPSA) is 64.4 Å². The van der Waals surface area contributed by atoms with Crippen molar-refractivity contribution in [1.29, 1.82) is 0 Å². The van der Waals surface area contributed by atoms with Gasteiger partial charge in [-0.15, -0.1) is 5.10 Å². The number of benzene rings is 1. The van der Waals surface area contributed by atoms with Crippen LogP contribution in [0.2, 0.25) is 5.02 Å². The van der Waals surface area contributed by atoms with E-state index in [1.165, 1.54) is 16.2 Å². The monoisotopic (exact) mass is 401 g/mol. The van der Waals surface area contributed by atoms with Gasteiger partial charge in [-0.2, -0.15) is 0 Å². The number of hydrogen-bond acceptors (Lipinski definition) is 5. The third-order valence-electron chi connectivity index (χ3n) is 5.58. The van der Waals surface area contributed by atoms with Crippen molar-refractivity contribution in [2.75, 3.05) is 31.1 Å². The highest BCUT2D eigenvalue weighted by Crippen LogP contribution is 2.24. The van der Waals surface area contributed by atoms with E-state index in [1.807, 2.05) is 22.9 Å². The number of anilines is 1. The fourth-order valence-electron chi connectivity index (χ4n) is 4.08. The molecule has 0 spiro atoms. The Morgan fingerprint density at radius 2 is 2.07 bits per heavy atom. The molecule has 0 bridgehead atoms. The summed E-state index contributed by atoms with van der Waals surface area (Å²) >= 11 is 6.22. The highest BCUT2D eigenvalue weighted by atomic mass is 35.5. The van der Waals surface area contributed by atoms with Gasteiger partial charge in [0.05, 0.1) is 32.4 Å². The lowest BCUT2D eigenvalue weighted by Crippen LogP contribution is -3.15. The summed E-state index contributed by atoms with van der Waals surface area (Å²) in [5.41, 5.74) is 2.50. The molecule has 148 valence electrons. The van der Waals surface area contributed by atoms with Crippen LogP contribution in [0.1, 0.15) is 36.5 Å². The Bertz CT molecular complexity index is 901. The van der Waals surface area contributed by atoms with Gasteiger partial charge in [0, 0.05) is 17.1 Å². The molecule has 4 rings (SSSR count). The number of halogens is 1. The maximum atomic E-state index is 6.22. The molecule has 3 heterocycles. The zero-order chi connectivity index (χ0) is 19.5. The van der Waals surface area contributed by atoms with Crippen molar-refractivity contribution in [3.8, 4) is 0 Å². The summed E-state index contributed by atoms with van der Waals surface area (Å²) in [5, 5.41) is 13.3. The minimum absolute atomic E-state index is 0.271. The van der Waals surface area contributed by atoms with E-state index in [4.69, 9.17) is 16.0 Å². The lowest BCUT2D eigenvalue weighted by atomic mass is 10.1. The van der Waals surface area contributed by atoms with Crippen LogP contribution in [0, 0.1) is 6.92 Å². The van der Waals surface area contributed by atoms with Crippen LogP contribution in [0.25, 0.3) is 0 Å². The molecule has 1 aliphatic heterocycles. The van der Waals surface area contributed by atoms with Crippen molar-refractivity contribution in [1.82, 2.24) is 20.2 Å². The molecule has 0 aliphatic carbocycles. The van der Waals surface area contributed by atoms with Gasteiger partial charge in [0.15, 0.2) is 0 Å². The second kappa shape index (κ2) is 8.32. The number of aromatic nitrogens is 4. The first kappa shape index (κ1) is 19.0. The van der Waals surface area contributed by atoms with E-state index in [-0.39, 0.29) is 6.04 Å². The van der Waals surface area contributed by atoms with E-state index < -0.39 is 0 Å². The number of piperazine rings is 1. The Morgan fingerprint density at radius 1 is 1.25 bits per heavy atom. The number of aryl methyl sites for hydroxylation is 1. The molecule has 3 aromatic rings. The van der Waals surface area contributed by atoms with Gasteiger partial charge >= 0.3 is 0 Å². The highest BCUT2D eigenvalue weighted by Gasteiger charge is 2.32. The molecule has 0 unspecified atom stereocenters. The van der Waals surface area contributed by atoms with Crippen molar-refractivity contribution in [2.24, 2.45) is 0 Å². The molecule has 1 saturated heterocycles. The molecular weight excluding hydrogens is 376 g/mol. The van der Waals surface area contributed by atoms with Gasteiger partial charge < -0.3 is 14.2 Å². The molecule has 0 amide bonds. The van der Waals surface area contributed by atoms with Crippen molar-refractivity contribution in [3.63, 3.8) is 0 Å². The number of furan rings is 1. The van der Waals surface area contributed by atoms with Gasteiger partial charge in [0.2, 0.25) is 5.82 Å². The Kier molecular flexibility index (Phi) is 5.64. The SMILES string of the molecule is CC[C@H](c1nnnn1Cc1ccco1)[NH+]1CCN(c2cc(Cl)ccc2C)CC1. The van der Waals surface area contributed by atoms with Crippen LogP contribution in [0.15, 0.2) is 41.0 Å². The first-order chi connectivity index (χ1) is 13.7. The van der Waals surface area contributed by atoms with Gasteiger partial charge in [-0.3, -0.25) is 0 Å². The molecule has 1 aliphatic rings. The lowest BCUT2D eigenvalue weighted by molar-refractivity contribution is -0.933. The van der Waals surface area contributed by atoms with Crippen LogP contribution in [-0.2, 0) is 6.54 Å². The summed E-state index contributed by atoms with van der Waals surface area (Å²) in [6.45, 7) is 8.97. The minimum Gasteiger partial charge on any atom is -0.467 e. The Labute approximate surface area is 169 Å². The standard InChI is InChI=1S/C20H25ClN6O/c1-3-18(20-22-23-24-27(20)14-17-5-4-12-28-17)25-8-10-26(11-9-25)19-13-16(21)7-6-15(19)2/h4-7,12-13,18H,3,8-11,14H2,1-2H3/p+1/t18-/m1/s1. The van der Waals surface area contributed by atoms with Crippen LogP contribution in [-0.4, -0.2) is 46.4 Å². The van der Waals surface area contributed by atoms with Gasteiger partial charge in [0.1, 0.15) is 18.3 Å². The van der Waals surface area contributed by atoms with Crippen molar-refractivity contribution < 1.29 is 9.32 Å². The van der Waals surface area contributed by atoms with Gasteiger partial charge in [-0.25, -0.2) is 4.68 Å². The maximum absolute atomic E-state index is 6.22. The zero-order valence-electron chi connectivity index (χ0n) is 16.3. The number of rotatable bonds is 6. The van der Waals surface area contributed by atoms with E-state index in [0.29, 0.717) is 6.54 Å². The fraction of sp³-hybridized carbons (Fsp3) is 0.450. The molecule has 28 heavy (non-hydrogen) atoms. The number of tetrazole rings is 1. The number of nitrogens with one attached hydrogen (secondary N) is 1. The summed E-state index contributed by atoms with van der Waals surface area (Å²) in [5.74, 6) is 1.79. The normalized spacial score (nSPS) is 16.5. The van der Waals surface area contributed by atoms with Crippen LogP contribution in [0.4, 0.5) is 5.69 Å². The molecule has 0 saturated carbocycles. The third kappa shape index (κ3) is 3.91. The quantitative estimate of drug-likeness (QED) is 0.685. The predicted octanol–water partition coefficient (Wildman–Crippen LogP) is 2.13. The summed E-state index contributed by atoms with van der Waals surface area (Å²) in [4.78, 5) is 3.96. The third-order valence-corrected chi connectivity index (χ3v) is 5.81. The molecule has 7 nitrogen and oxygen atoms in total. The minimum atomic E-state index is 0.271. The van der Waals surface area contributed by atoms with Crippen LogP contribution >= 0.6 is 11.6 Å². The van der Waals surface area contributed by atoms with Crippen LogP contribution in [0.5, 0.6) is 0 Å². The Morgan fingerprint density at radius 3 is 2.79 bits per heavy atom. The van der Waals surface area contributed by atoms with E-state index in [1.54, 1.807) is 6.26 Å². The first-order valence-corrected chi connectivity index (χ1v) is 10.2. The van der Waals surface area contributed by atoms with Gasteiger partial charge in [0.25, 0.3) is 0 Å². The summed E-state index contributed by atoms with van der Waals surface area (Å²) in [7, 11) is 0. The number of hydrogen-bond donors (Lipinski definition) is 1. The van der Waals surface area contributed by atoms with E-state index in [2.05, 4.69) is 46.4 Å². The van der Waals surface area contributed by atoms with E-state index >= 15 is 0 Å². The van der Waals surface area contributed by atoms with Crippen molar-refractivity contribution in [3.05, 3.63) is 58.8 Å². The molecule has 8 heteroatoms. The number of nitrogens with zero attached hydrogens (tertiary/aromatic N) is 5. The van der Waals surface area contributed by atoms with E-state index in [0.717, 1.165) is 49.2 Å². The average molecular weight is 402 g/mol. The molecule has 1 atom stereocenters. The zero-order valence-corrected chi connectivity index (χ0v) is 17.1. The largest absolute Gasteiger partial charge is 0.467 e. The summed E-state index contributed by atoms with van der Waals surface area (Å²) in [6.07, 6.45) is 2.67. The van der Waals surface area contributed by atoms with Gasteiger partial charge in [-0.05, 0) is 47.2 Å².